The molecule has 0 aromatic rings. The van der Waals surface area contributed by atoms with Crippen LogP contribution in [0.25, 0.3) is 0 Å². The number of sulfonamides is 1. The van der Waals surface area contributed by atoms with E-state index in [0.29, 0.717) is 6.26 Å². The maximum atomic E-state index is 11.4. The van der Waals surface area contributed by atoms with Crippen LogP contribution in [0.1, 0.15) is 0 Å². The van der Waals surface area contributed by atoms with Crippen LogP contribution in [0.2, 0.25) is 0 Å². The van der Waals surface area contributed by atoms with Crippen molar-refractivity contribution in [1.82, 2.24) is 4.13 Å². The van der Waals surface area contributed by atoms with Crippen molar-refractivity contribution in [2.45, 2.75) is 0 Å². The first-order chi connectivity index (χ1) is 3.71. The van der Waals surface area contributed by atoms with Crippen LogP contribution >= 0.6 is 0 Å². The minimum Gasteiger partial charge on any atom is -0.212 e. The summed E-state index contributed by atoms with van der Waals surface area (Å²) in [5.74, 6) is 0. The summed E-state index contributed by atoms with van der Waals surface area (Å²) in [7, 11) is -9.11. The molecule has 0 bridgehead atoms. The quantitative estimate of drug-likeness (QED) is 0.534. The van der Waals surface area contributed by atoms with Gasteiger partial charge in [0.25, 0.3) is 0 Å². The normalized spacial score (nSPS) is 13.6. The second-order valence-electron chi connectivity index (χ2n) is 1.29. The Morgan fingerprint density at radius 1 is 1.22 bits per heavy atom. The topological polar surface area (TPSA) is 80.3 Å². The smallest absolute Gasteiger partial charge is 0.212 e. The average molecular weight is 177 g/mol. The summed E-state index contributed by atoms with van der Waals surface area (Å²) in [5.41, 5.74) is 0. The fraction of sp³-hybridized carbons (Fsp3) is 1.00. The Morgan fingerprint density at radius 3 is 1.56 bits per heavy atom. The second kappa shape index (κ2) is 2.20. The fourth-order valence-electron chi connectivity index (χ4n) is 0.181. The minimum absolute atomic E-state index is 0.532. The molecule has 0 saturated carbocycles. The van der Waals surface area contributed by atoms with E-state index in [2.05, 4.69) is 0 Å². The molecule has 0 aliphatic rings. The molecular weight excluding hydrogens is 173 g/mol. The highest BCUT2D eigenvalue weighted by Crippen LogP contribution is 1.85. The first-order valence-electron chi connectivity index (χ1n) is 1.64. The van der Waals surface area contributed by atoms with Crippen molar-refractivity contribution in [2.75, 3.05) is 6.26 Å². The van der Waals surface area contributed by atoms with Crippen molar-refractivity contribution in [3.8, 4) is 0 Å². The van der Waals surface area contributed by atoms with Crippen LogP contribution in [-0.2, 0) is 20.4 Å². The van der Waals surface area contributed by atoms with Gasteiger partial charge in [0, 0.05) is 0 Å². The highest BCUT2D eigenvalue weighted by atomic mass is 32.3. The first kappa shape index (κ1) is 8.79. The van der Waals surface area contributed by atoms with Crippen molar-refractivity contribution in [3.63, 3.8) is 0 Å². The zero-order chi connectivity index (χ0) is 7.71. The highest BCUT2D eigenvalue weighted by Gasteiger charge is 2.12. The lowest BCUT2D eigenvalue weighted by Gasteiger charge is -1.91. The molecule has 56 valence electrons. The SMILES string of the molecule is CS(=O)(=O)NS(=O)(=O)F. The van der Waals surface area contributed by atoms with E-state index in [1.165, 1.54) is 0 Å². The summed E-state index contributed by atoms with van der Waals surface area (Å²) < 4.78 is 50.9. The Kier molecular flexibility index (Phi) is 2.14. The van der Waals surface area contributed by atoms with Crippen LogP contribution < -0.4 is 4.13 Å². The number of halogens is 1. The molecular formula is CH4FNO4S2. The van der Waals surface area contributed by atoms with E-state index in [9.17, 15) is 20.7 Å². The van der Waals surface area contributed by atoms with Crippen LogP contribution in [0.5, 0.6) is 0 Å². The van der Waals surface area contributed by atoms with Gasteiger partial charge in [0.15, 0.2) is 0 Å². The van der Waals surface area contributed by atoms with Gasteiger partial charge >= 0.3 is 10.4 Å². The lowest BCUT2D eigenvalue weighted by Crippen LogP contribution is -2.25. The lowest BCUT2D eigenvalue weighted by atomic mass is 12.0. The summed E-state index contributed by atoms with van der Waals surface area (Å²) in [6.07, 6.45) is 0.532. The molecule has 0 unspecified atom stereocenters. The molecule has 0 saturated heterocycles. The lowest BCUT2D eigenvalue weighted by molar-refractivity contribution is 0.543. The third kappa shape index (κ3) is 7.79. The zero-order valence-corrected chi connectivity index (χ0v) is 5.96. The standard InChI is InChI=1S/CH4FNO4S2/c1-8(4,5)3-9(2,6)7/h3H,1H3. The van der Waals surface area contributed by atoms with Crippen LogP contribution in [0.3, 0.4) is 0 Å². The molecule has 0 heterocycles. The summed E-state index contributed by atoms with van der Waals surface area (Å²) in [6.45, 7) is 0. The van der Waals surface area contributed by atoms with Gasteiger partial charge in [-0.3, -0.25) is 0 Å². The number of hydrogen-bond acceptors (Lipinski definition) is 4. The molecule has 8 heteroatoms. The number of rotatable bonds is 2. The van der Waals surface area contributed by atoms with Gasteiger partial charge in [0.05, 0.1) is 6.26 Å². The van der Waals surface area contributed by atoms with Gasteiger partial charge < -0.3 is 0 Å². The van der Waals surface area contributed by atoms with E-state index in [0.717, 1.165) is 4.13 Å². The van der Waals surface area contributed by atoms with E-state index in [1.807, 2.05) is 0 Å². The van der Waals surface area contributed by atoms with Gasteiger partial charge in [-0.25, -0.2) is 8.42 Å². The van der Waals surface area contributed by atoms with Gasteiger partial charge in [0.1, 0.15) is 0 Å². The Morgan fingerprint density at radius 2 is 1.56 bits per heavy atom. The molecule has 0 aliphatic heterocycles. The fourth-order valence-corrected chi connectivity index (χ4v) is 1.63. The molecule has 0 aromatic carbocycles. The van der Waals surface area contributed by atoms with E-state index >= 15 is 0 Å². The number of nitrogens with one attached hydrogen (secondary N) is 1. The van der Waals surface area contributed by atoms with Crippen molar-refractivity contribution < 1.29 is 20.7 Å². The zero-order valence-electron chi connectivity index (χ0n) is 4.33. The molecule has 5 nitrogen and oxygen atoms in total. The molecule has 0 rings (SSSR count). The van der Waals surface area contributed by atoms with Gasteiger partial charge in [0.2, 0.25) is 10.0 Å². The Balaban J connectivity index is 4.46. The third-order valence-corrected chi connectivity index (χ3v) is 2.26. The predicted molar refractivity (Wildman–Crippen MR) is 28.0 cm³/mol. The van der Waals surface area contributed by atoms with Gasteiger partial charge in [-0.2, -0.15) is 8.42 Å². The third-order valence-electron chi connectivity index (χ3n) is 0.251. The van der Waals surface area contributed by atoms with Crippen molar-refractivity contribution in [1.29, 1.82) is 0 Å². The molecule has 0 atom stereocenters. The molecule has 0 amide bonds. The monoisotopic (exact) mass is 177 g/mol. The summed E-state index contributed by atoms with van der Waals surface area (Å²) in [5, 5.41) is 0. The minimum atomic E-state index is -5.12. The maximum absolute atomic E-state index is 11.4. The van der Waals surface area contributed by atoms with Crippen LogP contribution in [-0.4, -0.2) is 23.1 Å². The second-order valence-corrected chi connectivity index (χ2v) is 4.38. The molecule has 0 spiro atoms. The average Bonchev–Trinajstić information content (AvgIpc) is 1.14. The van der Waals surface area contributed by atoms with E-state index < -0.39 is 20.4 Å². The first-order valence-corrected chi connectivity index (χ1v) is 4.91. The van der Waals surface area contributed by atoms with E-state index in [1.54, 1.807) is 0 Å². The largest absolute Gasteiger partial charge is 0.385 e. The Labute approximate surface area is 52.3 Å². The Hall–Kier alpha value is -0.210. The van der Waals surface area contributed by atoms with Crippen LogP contribution in [0, 0.1) is 0 Å². The molecule has 1 N–H and O–H groups in total. The molecule has 9 heavy (non-hydrogen) atoms. The van der Waals surface area contributed by atoms with Gasteiger partial charge in [-0.05, 0) is 0 Å². The van der Waals surface area contributed by atoms with E-state index in [-0.39, 0.29) is 0 Å². The van der Waals surface area contributed by atoms with Gasteiger partial charge in [-0.1, -0.05) is 8.01 Å². The highest BCUT2D eigenvalue weighted by molar-refractivity contribution is 8.02. The Bertz CT molecular complexity index is 244. The van der Waals surface area contributed by atoms with Crippen molar-refractivity contribution in [3.05, 3.63) is 0 Å². The predicted octanol–water partition coefficient (Wildman–Crippen LogP) is -1.25. The summed E-state index contributed by atoms with van der Waals surface area (Å²) in [4.78, 5) is 0. The van der Waals surface area contributed by atoms with Crippen LogP contribution in [0.4, 0.5) is 3.89 Å². The molecule has 0 aromatic heterocycles. The van der Waals surface area contributed by atoms with Crippen LogP contribution in [0.15, 0.2) is 0 Å². The molecule has 0 radical (unpaired) electrons. The van der Waals surface area contributed by atoms with Crippen molar-refractivity contribution in [2.24, 2.45) is 0 Å². The summed E-state index contributed by atoms with van der Waals surface area (Å²) in [6, 6.07) is 0. The molecule has 0 aliphatic carbocycles. The van der Waals surface area contributed by atoms with Crippen molar-refractivity contribution >= 4 is 20.4 Å². The van der Waals surface area contributed by atoms with Gasteiger partial charge in [-0.15, -0.1) is 0 Å². The maximum Gasteiger partial charge on any atom is 0.385 e. The number of hydrogen-bond donors (Lipinski definition) is 1. The molecule has 0 fully saturated rings. The van der Waals surface area contributed by atoms with E-state index in [4.69, 9.17) is 0 Å². The summed E-state index contributed by atoms with van der Waals surface area (Å²) >= 11 is 0.